The van der Waals surface area contributed by atoms with Crippen LogP contribution < -0.4 is 15.0 Å². The molecule has 2 N–H and O–H groups in total. The van der Waals surface area contributed by atoms with Crippen LogP contribution in [-0.4, -0.2) is 29.1 Å². The minimum absolute atomic E-state index is 0.00144. The molecular formula is C29H28FN3O6. The number of hydrogen-bond donors (Lipinski definition) is 2. The van der Waals surface area contributed by atoms with Gasteiger partial charge in [-0.1, -0.05) is 39.2 Å². The van der Waals surface area contributed by atoms with Gasteiger partial charge in [0, 0.05) is 11.6 Å². The molecule has 10 heteroatoms. The Balaban J connectivity index is 2.04. The topological polar surface area (TPSA) is 114 Å². The number of hydrogen-bond acceptors (Lipinski definition) is 8. The van der Waals surface area contributed by atoms with Crippen LogP contribution in [0.3, 0.4) is 0 Å². The van der Waals surface area contributed by atoms with Crippen molar-refractivity contribution in [1.82, 2.24) is 4.98 Å². The van der Waals surface area contributed by atoms with Crippen LogP contribution in [-0.2, 0) is 9.53 Å². The number of anilines is 2. The summed E-state index contributed by atoms with van der Waals surface area (Å²) < 4.78 is 31.8. The van der Waals surface area contributed by atoms with Crippen molar-refractivity contribution in [2.75, 3.05) is 16.8 Å². The molecule has 0 fully saturated rings. The Morgan fingerprint density at radius 2 is 2.15 bits per heavy atom. The van der Waals surface area contributed by atoms with Gasteiger partial charge in [-0.25, -0.2) is 9.37 Å². The SMILES string of the molecule is C#CCOc1ccc(C2C(OC=O)=C(CC(C)(C)CC)Nc3c(O)cccc3N2C(=O)c2cocn2)c(F)c1. The Morgan fingerprint density at radius 1 is 1.36 bits per heavy atom. The first-order valence-corrected chi connectivity index (χ1v) is 12.2. The molecule has 4 rings (SSSR count). The van der Waals surface area contributed by atoms with E-state index in [0.717, 1.165) is 25.1 Å². The van der Waals surface area contributed by atoms with Crippen molar-refractivity contribution >= 4 is 23.8 Å². The van der Waals surface area contributed by atoms with Crippen molar-refractivity contribution in [1.29, 1.82) is 0 Å². The average Bonchev–Trinajstić information content (AvgIpc) is 3.42. The van der Waals surface area contributed by atoms with Gasteiger partial charge in [0.2, 0.25) is 0 Å². The van der Waals surface area contributed by atoms with Gasteiger partial charge < -0.3 is 24.3 Å². The molecule has 0 bridgehead atoms. The number of phenols is 1. The number of benzene rings is 2. The lowest BCUT2D eigenvalue weighted by Crippen LogP contribution is -2.37. The maximum atomic E-state index is 15.8. The highest BCUT2D eigenvalue weighted by Crippen LogP contribution is 2.48. The normalized spacial score (nSPS) is 15.1. The van der Waals surface area contributed by atoms with E-state index in [1.54, 1.807) is 12.1 Å². The van der Waals surface area contributed by atoms with Crippen LogP contribution in [0.1, 0.15) is 55.7 Å². The fourth-order valence-electron chi connectivity index (χ4n) is 4.31. The molecule has 9 nitrogen and oxygen atoms in total. The molecule has 39 heavy (non-hydrogen) atoms. The molecule has 202 valence electrons. The Morgan fingerprint density at radius 3 is 2.79 bits per heavy atom. The third-order valence-corrected chi connectivity index (χ3v) is 6.61. The third-order valence-electron chi connectivity index (χ3n) is 6.61. The van der Waals surface area contributed by atoms with E-state index in [1.807, 2.05) is 20.8 Å². The number of fused-ring (bicyclic) bond motifs is 1. The number of rotatable bonds is 9. The Kier molecular flexibility index (Phi) is 7.91. The van der Waals surface area contributed by atoms with Crippen molar-refractivity contribution < 1.29 is 33.0 Å². The first-order chi connectivity index (χ1) is 18.7. The van der Waals surface area contributed by atoms with E-state index in [-0.39, 0.29) is 58.4 Å². The molecule has 0 saturated carbocycles. The quantitative estimate of drug-likeness (QED) is 0.209. The molecule has 1 aromatic heterocycles. The molecule has 0 radical (unpaired) electrons. The van der Waals surface area contributed by atoms with E-state index in [2.05, 4.69) is 16.2 Å². The van der Waals surface area contributed by atoms with Crippen LogP contribution in [0.25, 0.3) is 0 Å². The van der Waals surface area contributed by atoms with Gasteiger partial charge in [0.25, 0.3) is 12.4 Å². The summed E-state index contributed by atoms with van der Waals surface area (Å²) in [4.78, 5) is 31.0. The molecule has 1 atom stereocenters. The summed E-state index contributed by atoms with van der Waals surface area (Å²) in [6, 6.07) is 7.36. The van der Waals surface area contributed by atoms with Crippen molar-refractivity contribution in [3.05, 3.63) is 77.6 Å². The molecule has 1 aliphatic rings. The van der Waals surface area contributed by atoms with E-state index >= 15 is 4.39 Å². The highest BCUT2D eigenvalue weighted by atomic mass is 19.1. The number of oxazole rings is 1. The Hall–Kier alpha value is -4.78. The standard InChI is InChI=1S/C29H28FN3O6/c1-5-12-38-18-10-11-19(20(30)13-18)26-27(39-17-34)21(14-29(3,4)6-2)32-25-23(8-7-9-24(25)35)33(26)28(36)22-15-37-16-31-22/h1,7-11,13,15-17,26,32,35H,6,12,14H2,2-4H3. The van der Waals surface area contributed by atoms with Gasteiger partial charge in [-0.05, 0) is 36.1 Å². The first kappa shape index (κ1) is 27.3. The number of ether oxygens (including phenoxy) is 2. The smallest absolute Gasteiger partial charge is 0.298 e. The number of allylic oxidation sites excluding steroid dienone is 1. The third kappa shape index (κ3) is 5.57. The number of amides is 1. The lowest BCUT2D eigenvalue weighted by Gasteiger charge is -2.32. The maximum absolute atomic E-state index is 15.8. The number of aromatic nitrogens is 1. The highest BCUT2D eigenvalue weighted by Gasteiger charge is 2.41. The van der Waals surface area contributed by atoms with Crippen LogP contribution in [0, 0.1) is 23.6 Å². The zero-order valence-corrected chi connectivity index (χ0v) is 21.7. The number of halogens is 1. The van der Waals surface area contributed by atoms with E-state index < -0.39 is 17.8 Å². The van der Waals surface area contributed by atoms with E-state index in [1.165, 1.54) is 23.1 Å². The largest absolute Gasteiger partial charge is 0.506 e. The monoisotopic (exact) mass is 533 g/mol. The first-order valence-electron chi connectivity index (χ1n) is 12.2. The molecule has 2 aromatic carbocycles. The van der Waals surface area contributed by atoms with Crippen molar-refractivity contribution in [2.45, 2.75) is 39.7 Å². The number of carbonyl (C=O) groups excluding carboxylic acids is 2. The van der Waals surface area contributed by atoms with Gasteiger partial charge in [-0.3, -0.25) is 14.5 Å². The number of carbonyl (C=O) groups is 2. The van der Waals surface area contributed by atoms with Crippen LogP contribution in [0.5, 0.6) is 11.5 Å². The molecule has 1 unspecified atom stereocenters. The molecule has 0 aliphatic carbocycles. The summed E-state index contributed by atoms with van der Waals surface area (Å²) >= 11 is 0. The lowest BCUT2D eigenvalue weighted by molar-refractivity contribution is -0.125. The summed E-state index contributed by atoms with van der Waals surface area (Å²) in [6.07, 6.45) is 8.59. The van der Waals surface area contributed by atoms with E-state index in [0.29, 0.717) is 12.1 Å². The van der Waals surface area contributed by atoms with Crippen molar-refractivity contribution in [3.8, 4) is 23.8 Å². The van der Waals surface area contributed by atoms with E-state index in [9.17, 15) is 14.7 Å². The summed E-state index contributed by atoms with van der Waals surface area (Å²) in [5, 5.41) is 14.0. The second-order valence-corrected chi connectivity index (χ2v) is 9.68. The molecule has 1 amide bonds. The van der Waals surface area contributed by atoms with Gasteiger partial charge in [0.15, 0.2) is 17.8 Å². The fourth-order valence-corrected chi connectivity index (χ4v) is 4.31. The van der Waals surface area contributed by atoms with E-state index in [4.69, 9.17) is 20.3 Å². The van der Waals surface area contributed by atoms with Crippen LogP contribution in [0.4, 0.5) is 15.8 Å². The number of phenolic OH excluding ortho intramolecular Hbond substituents is 1. The van der Waals surface area contributed by atoms with Crippen LogP contribution in [0.15, 0.2) is 64.9 Å². The van der Waals surface area contributed by atoms with Crippen molar-refractivity contribution in [2.24, 2.45) is 5.41 Å². The predicted molar refractivity (Wildman–Crippen MR) is 141 cm³/mol. The lowest BCUT2D eigenvalue weighted by atomic mass is 9.84. The molecule has 2 heterocycles. The van der Waals surface area contributed by atoms with Crippen molar-refractivity contribution in [3.63, 3.8) is 0 Å². The summed E-state index contributed by atoms with van der Waals surface area (Å²) in [5.74, 6) is 0.899. The van der Waals surface area contributed by atoms with Gasteiger partial charge in [-0.2, -0.15) is 0 Å². The Bertz CT molecular complexity index is 1440. The summed E-state index contributed by atoms with van der Waals surface area (Å²) in [6.45, 7) is 6.20. The summed E-state index contributed by atoms with van der Waals surface area (Å²) in [7, 11) is 0. The minimum atomic E-state index is -1.29. The number of aromatic hydroxyl groups is 1. The molecule has 0 saturated heterocycles. The zero-order chi connectivity index (χ0) is 28.2. The zero-order valence-electron chi connectivity index (χ0n) is 21.7. The highest BCUT2D eigenvalue weighted by molar-refractivity contribution is 6.08. The molecular weight excluding hydrogens is 505 g/mol. The average molecular weight is 534 g/mol. The number of nitrogens with one attached hydrogen (secondary N) is 1. The second-order valence-electron chi connectivity index (χ2n) is 9.68. The van der Waals surface area contributed by atoms with Gasteiger partial charge in [0.1, 0.15) is 41.9 Å². The molecule has 1 aliphatic heterocycles. The van der Waals surface area contributed by atoms with Gasteiger partial charge in [-0.15, -0.1) is 6.42 Å². The van der Waals surface area contributed by atoms with Gasteiger partial charge >= 0.3 is 0 Å². The van der Waals surface area contributed by atoms with Gasteiger partial charge in [0.05, 0.1) is 11.4 Å². The summed E-state index contributed by atoms with van der Waals surface area (Å²) in [5.41, 5.74) is 0.403. The molecule has 3 aromatic rings. The fraction of sp³-hybridized carbons (Fsp3) is 0.276. The molecule has 0 spiro atoms. The number of para-hydroxylation sites is 1. The number of nitrogens with zero attached hydrogens (tertiary/aromatic N) is 2. The Labute approximate surface area is 225 Å². The van der Waals surface area contributed by atoms with Crippen LogP contribution in [0.2, 0.25) is 0 Å². The minimum Gasteiger partial charge on any atom is -0.506 e. The van der Waals surface area contributed by atoms with Crippen LogP contribution >= 0.6 is 0 Å². The maximum Gasteiger partial charge on any atom is 0.298 e. The predicted octanol–water partition coefficient (Wildman–Crippen LogP) is 5.56. The number of terminal acetylenes is 1. The second kappa shape index (κ2) is 11.3.